The first kappa shape index (κ1) is 23.1. The summed E-state index contributed by atoms with van der Waals surface area (Å²) in [7, 11) is 0. The van der Waals surface area contributed by atoms with Gasteiger partial charge < -0.3 is 14.7 Å². The van der Waals surface area contributed by atoms with Crippen LogP contribution in [-0.2, 0) is 6.42 Å². The monoisotopic (exact) mass is 464 g/mol. The summed E-state index contributed by atoms with van der Waals surface area (Å²) in [6, 6.07) is 14.3. The molecule has 172 valence electrons. The normalized spacial score (nSPS) is 16.3. The highest BCUT2D eigenvalue weighted by Crippen LogP contribution is 2.37. The molecule has 2 heterocycles. The Balaban J connectivity index is 1.75. The van der Waals surface area contributed by atoms with Crippen molar-refractivity contribution in [3.8, 4) is 11.4 Å². The number of halogens is 1. The van der Waals surface area contributed by atoms with Crippen LogP contribution < -0.4 is 5.32 Å². The SMILES string of the molecule is CCCCCN1C(=S)NC(c2cccc(F)c2)C(c2nc(-c3ccc(CC)cc3)no2)=C1C. The first-order valence-corrected chi connectivity index (χ1v) is 11.9. The van der Waals surface area contributed by atoms with Crippen LogP contribution in [0.15, 0.2) is 58.8 Å². The Hall–Kier alpha value is -3.06. The van der Waals surface area contributed by atoms with Crippen molar-refractivity contribution < 1.29 is 8.91 Å². The summed E-state index contributed by atoms with van der Waals surface area (Å²) >= 11 is 5.69. The van der Waals surface area contributed by atoms with Crippen LogP contribution in [0.3, 0.4) is 0 Å². The van der Waals surface area contributed by atoms with E-state index in [9.17, 15) is 4.39 Å². The van der Waals surface area contributed by atoms with Crippen LogP contribution in [0, 0.1) is 5.82 Å². The number of benzene rings is 2. The fourth-order valence-electron chi connectivity index (χ4n) is 4.12. The Labute approximate surface area is 199 Å². The van der Waals surface area contributed by atoms with Gasteiger partial charge in [0.2, 0.25) is 5.82 Å². The summed E-state index contributed by atoms with van der Waals surface area (Å²) in [6.07, 6.45) is 4.23. The minimum Gasteiger partial charge on any atom is -0.351 e. The van der Waals surface area contributed by atoms with E-state index in [-0.39, 0.29) is 11.9 Å². The van der Waals surface area contributed by atoms with Crippen LogP contribution in [0.25, 0.3) is 17.0 Å². The fraction of sp³-hybridized carbons (Fsp3) is 0.346. The predicted octanol–water partition coefficient (Wildman–Crippen LogP) is 6.29. The van der Waals surface area contributed by atoms with Crippen LogP contribution in [0.1, 0.15) is 63.1 Å². The van der Waals surface area contributed by atoms with Crippen LogP contribution in [0.4, 0.5) is 4.39 Å². The molecule has 1 atom stereocenters. The van der Waals surface area contributed by atoms with Gasteiger partial charge >= 0.3 is 0 Å². The standard InChI is InChI=1S/C26H29FN4OS/c1-4-6-7-15-31-17(3)22(23(28-26(31)33)20-9-8-10-21(27)16-20)25-29-24(30-32-25)19-13-11-18(5-2)12-14-19/h8-14,16,23H,4-7,15H2,1-3H3,(H,28,33). The van der Waals surface area contributed by atoms with E-state index in [0.29, 0.717) is 16.8 Å². The minimum atomic E-state index is -0.383. The molecule has 7 heteroatoms. The van der Waals surface area contributed by atoms with Gasteiger partial charge in [-0.2, -0.15) is 4.98 Å². The van der Waals surface area contributed by atoms with E-state index in [1.165, 1.54) is 17.7 Å². The van der Waals surface area contributed by atoms with Crippen LogP contribution >= 0.6 is 12.2 Å². The third kappa shape index (κ3) is 4.98. The van der Waals surface area contributed by atoms with E-state index < -0.39 is 0 Å². The highest BCUT2D eigenvalue weighted by atomic mass is 32.1. The number of nitrogens with zero attached hydrogens (tertiary/aromatic N) is 3. The molecule has 3 aromatic rings. The topological polar surface area (TPSA) is 54.2 Å². The number of aromatic nitrogens is 2. The number of thiocarbonyl (C=S) groups is 1. The number of aryl methyl sites for hydroxylation is 1. The zero-order chi connectivity index (χ0) is 23.4. The Morgan fingerprint density at radius 1 is 1.12 bits per heavy atom. The van der Waals surface area contributed by atoms with E-state index in [2.05, 4.69) is 41.4 Å². The molecule has 0 amide bonds. The quantitative estimate of drug-likeness (QED) is 0.312. The number of nitrogens with one attached hydrogen (secondary N) is 1. The summed E-state index contributed by atoms with van der Waals surface area (Å²) < 4.78 is 19.8. The van der Waals surface area contributed by atoms with Crippen molar-refractivity contribution in [1.29, 1.82) is 0 Å². The fourth-order valence-corrected chi connectivity index (χ4v) is 4.47. The molecule has 4 rings (SSSR count). The van der Waals surface area contributed by atoms with Crippen molar-refractivity contribution in [1.82, 2.24) is 20.4 Å². The molecule has 0 saturated heterocycles. The van der Waals surface area contributed by atoms with Crippen LogP contribution in [0.2, 0.25) is 0 Å². The molecule has 5 nitrogen and oxygen atoms in total. The average molecular weight is 465 g/mol. The number of hydrogen-bond acceptors (Lipinski definition) is 4. The maximum absolute atomic E-state index is 14.1. The third-order valence-electron chi connectivity index (χ3n) is 6.04. The van der Waals surface area contributed by atoms with E-state index in [4.69, 9.17) is 21.7 Å². The van der Waals surface area contributed by atoms with Gasteiger partial charge in [0, 0.05) is 17.8 Å². The average Bonchev–Trinajstić information content (AvgIpc) is 3.30. The van der Waals surface area contributed by atoms with E-state index in [1.807, 2.05) is 25.1 Å². The van der Waals surface area contributed by atoms with Crippen molar-refractivity contribution in [3.05, 3.63) is 77.1 Å². The highest BCUT2D eigenvalue weighted by Gasteiger charge is 2.34. The second kappa shape index (κ2) is 10.3. The number of allylic oxidation sites excluding steroid dienone is 1. The molecule has 1 aliphatic heterocycles. The summed E-state index contributed by atoms with van der Waals surface area (Å²) in [4.78, 5) is 6.80. The Bertz CT molecular complexity index is 1160. The maximum Gasteiger partial charge on any atom is 0.258 e. The van der Waals surface area contributed by atoms with Gasteiger partial charge in [-0.05, 0) is 55.2 Å². The molecule has 0 spiro atoms. The van der Waals surface area contributed by atoms with Gasteiger partial charge in [0.05, 0.1) is 11.6 Å². The third-order valence-corrected chi connectivity index (χ3v) is 6.38. The predicted molar refractivity (Wildman–Crippen MR) is 133 cm³/mol. The molecular weight excluding hydrogens is 435 g/mol. The van der Waals surface area contributed by atoms with Crippen molar-refractivity contribution in [3.63, 3.8) is 0 Å². The van der Waals surface area contributed by atoms with Crippen molar-refractivity contribution in [2.45, 2.75) is 52.5 Å². The van der Waals surface area contributed by atoms with Crippen molar-refractivity contribution in [2.24, 2.45) is 0 Å². The van der Waals surface area contributed by atoms with E-state index in [1.54, 1.807) is 6.07 Å². The van der Waals surface area contributed by atoms with Crippen molar-refractivity contribution >= 4 is 22.9 Å². The highest BCUT2D eigenvalue weighted by molar-refractivity contribution is 7.80. The molecule has 1 N–H and O–H groups in total. The summed E-state index contributed by atoms with van der Waals surface area (Å²) in [5, 5.41) is 8.25. The lowest BCUT2D eigenvalue weighted by molar-refractivity contribution is 0.395. The number of hydrogen-bond donors (Lipinski definition) is 1. The molecule has 1 aliphatic rings. The summed E-state index contributed by atoms with van der Waals surface area (Å²) in [6.45, 7) is 7.11. The van der Waals surface area contributed by atoms with Gasteiger partial charge in [0.15, 0.2) is 5.11 Å². The van der Waals surface area contributed by atoms with Crippen LogP contribution in [0.5, 0.6) is 0 Å². The number of unbranched alkanes of at least 4 members (excludes halogenated alkanes) is 2. The van der Waals surface area contributed by atoms with Gasteiger partial charge in [-0.1, -0.05) is 68.2 Å². The lowest BCUT2D eigenvalue weighted by atomic mass is 9.94. The summed E-state index contributed by atoms with van der Waals surface area (Å²) in [5.41, 5.74) is 4.66. The lowest BCUT2D eigenvalue weighted by Gasteiger charge is -2.37. The molecule has 0 aliphatic carbocycles. The first-order valence-electron chi connectivity index (χ1n) is 11.5. The van der Waals surface area contributed by atoms with Crippen molar-refractivity contribution in [2.75, 3.05) is 6.54 Å². The van der Waals surface area contributed by atoms with Crippen LogP contribution in [-0.4, -0.2) is 26.7 Å². The lowest BCUT2D eigenvalue weighted by Crippen LogP contribution is -2.46. The second-order valence-electron chi connectivity index (χ2n) is 8.27. The van der Waals surface area contributed by atoms with E-state index in [0.717, 1.165) is 54.6 Å². The van der Waals surface area contributed by atoms with Gasteiger partial charge in [-0.3, -0.25) is 0 Å². The smallest absolute Gasteiger partial charge is 0.258 e. The molecule has 33 heavy (non-hydrogen) atoms. The Morgan fingerprint density at radius 2 is 1.91 bits per heavy atom. The Kier molecular flexibility index (Phi) is 7.18. The second-order valence-corrected chi connectivity index (χ2v) is 8.66. The molecule has 0 bridgehead atoms. The summed E-state index contributed by atoms with van der Waals surface area (Å²) in [5.74, 6) is 0.633. The molecule has 2 aromatic carbocycles. The first-order chi connectivity index (χ1) is 16.0. The van der Waals surface area contributed by atoms with Gasteiger partial charge in [0.1, 0.15) is 5.82 Å². The molecule has 0 radical (unpaired) electrons. The zero-order valence-corrected chi connectivity index (χ0v) is 20.1. The Morgan fingerprint density at radius 3 is 2.61 bits per heavy atom. The zero-order valence-electron chi connectivity index (χ0n) is 19.3. The molecule has 1 unspecified atom stereocenters. The molecule has 1 aromatic heterocycles. The molecule has 0 saturated carbocycles. The molecule has 0 fully saturated rings. The minimum absolute atomic E-state index is 0.301. The van der Waals surface area contributed by atoms with Gasteiger partial charge in [0.25, 0.3) is 5.89 Å². The van der Waals surface area contributed by atoms with E-state index >= 15 is 0 Å². The van der Waals surface area contributed by atoms with Gasteiger partial charge in [-0.15, -0.1) is 0 Å². The maximum atomic E-state index is 14.1. The van der Waals surface area contributed by atoms with Gasteiger partial charge in [-0.25, -0.2) is 4.39 Å². The molecular formula is C26H29FN4OS. The number of rotatable bonds is 8. The largest absolute Gasteiger partial charge is 0.351 e.